The number of anilines is 1. The number of hydrazine groups is 1. The Hall–Kier alpha value is -5.07. The highest BCUT2D eigenvalue weighted by molar-refractivity contribution is 6.36. The van der Waals surface area contributed by atoms with Crippen molar-refractivity contribution in [1.29, 1.82) is 0 Å². The number of likely N-dealkylation sites (tertiary alicyclic amines) is 1. The van der Waals surface area contributed by atoms with Gasteiger partial charge in [0.2, 0.25) is 11.8 Å². The first-order chi connectivity index (χ1) is 25.9. The number of halogens is 2. The Morgan fingerprint density at radius 3 is 2.37 bits per heavy atom. The predicted octanol–water partition coefficient (Wildman–Crippen LogP) is 6.35. The van der Waals surface area contributed by atoms with E-state index in [4.69, 9.17) is 37.8 Å². The number of imide groups is 2. The van der Waals surface area contributed by atoms with Crippen molar-refractivity contribution < 1.29 is 43.7 Å². The molecule has 0 aromatic heterocycles. The number of phenols is 1. The summed E-state index contributed by atoms with van der Waals surface area (Å²) in [6.07, 6.45) is 3.60. The fourth-order valence-corrected chi connectivity index (χ4v) is 9.58. The number of ether oxygens (including phenoxy) is 2. The van der Waals surface area contributed by atoms with Crippen LogP contribution in [0.15, 0.2) is 72.3 Å². The lowest BCUT2D eigenvalue weighted by atomic mass is 9.49. The van der Waals surface area contributed by atoms with Gasteiger partial charge >= 0.3 is 5.97 Å². The number of amides is 4. The third kappa shape index (κ3) is 5.96. The molecule has 12 nitrogen and oxygen atoms in total. The van der Waals surface area contributed by atoms with Crippen LogP contribution in [0.2, 0.25) is 10.0 Å². The number of hydrogen-bond donors (Lipinski definition) is 3. The molecule has 2 aliphatic heterocycles. The smallest absolute Gasteiger partial charge is 0.303 e. The number of aromatic hydroxyl groups is 1. The SMILES string of the molecule is COc1ccc(C23C(=O)N(Nc4ccc(Cl)cc4Cl)C(=O)C2CC2C(=CCC4C(=O)N(CCCCCC(=O)O)C(=O)C42)C3c2cccc(OC)c2O)cc1. The fourth-order valence-electron chi connectivity index (χ4n) is 9.13. The number of phenolic OH excluding ortho intramolecular Hbond substituents is 1. The maximum Gasteiger partial charge on any atom is 0.303 e. The highest BCUT2D eigenvalue weighted by atomic mass is 35.5. The Kier molecular flexibility index (Phi) is 10.1. The molecule has 0 spiro atoms. The number of carbonyl (C=O) groups is 5. The number of para-hydroxylation sites is 1. The predicted molar refractivity (Wildman–Crippen MR) is 198 cm³/mol. The van der Waals surface area contributed by atoms with Crippen LogP contribution in [0.3, 0.4) is 0 Å². The minimum Gasteiger partial charge on any atom is -0.504 e. The Morgan fingerprint density at radius 2 is 1.69 bits per heavy atom. The average molecular weight is 777 g/mol. The molecule has 3 aromatic carbocycles. The number of rotatable bonds is 12. The van der Waals surface area contributed by atoms with E-state index >= 15 is 4.79 Å². The molecule has 7 rings (SSSR count). The summed E-state index contributed by atoms with van der Waals surface area (Å²) in [6.45, 7) is 0.155. The molecule has 6 atom stereocenters. The van der Waals surface area contributed by atoms with Crippen LogP contribution < -0.4 is 14.9 Å². The van der Waals surface area contributed by atoms with Crippen molar-refractivity contribution in [3.05, 3.63) is 93.5 Å². The van der Waals surface area contributed by atoms with Gasteiger partial charge in [0.15, 0.2) is 11.5 Å². The van der Waals surface area contributed by atoms with Crippen molar-refractivity contribution in [1.82, 2.24) is 9.91 Å². The van der Waals surface area contributed by atoms with Crippen molar-refractivity contribution in [3.8, 4) is 17.2 Å². The molecule has 6 unspecified atom stereocenters. The molecule has 3 aromatic rings. The third-order valence-electron chi connectivity index (χ3n) is 11.5. The lowest BCUT2D eigenvalue weighted by Gasteiger charge is -2.50. The van der Waals surface area contributed by atoms with Crippen LogP contribution in [0.5, 0.6) is 17.2 Å². The van der Waals surface area contributed by atoms with Gasteiger partial charge in [0.1, 0.15) is 5.75 Å². The zero-order chi connectivity index (χ0) is 38.5. The van der Waals surface area contributed by atoms with Crippen molar-refractivity contribution in [2.75, 3.05) is 26.2 Å². The number of nitrogens with zero attached hydrogens (tertiary/aromatic N) is 2. The molecule has 1 saturated carbocycles. The first-order valence-corrected chi connectivity index (χ1v) is 18.6. The van der Waals surface area contributed by atoms with Crippen molar-refractivity contribution in [2.45, 2.75) is 49.9 Å². The summed E-state index contributed by atoms with van der Waals surface area (Å²) < 4.78 is 11.0. The van der Waals surface area contributed by atoms with E-state index in [1.165, 1.54) is 25.2 Å². The third-order valence-corrected chi connectivity index (χ3v) is 12.1. The first kappa shape index (κ1) is 37.3. The quantitative estimate of drug-likeness (QED) is 0.107. The molecular formula is C40H39Cl2N3O9. The van der Waals surface area contributed by atoms with Gasteiger partial charge in [-0.15, -0.1) is 0 Å². The van der Waals surface area contributed by atoms with Gasteiger partial charge in [-0.3, -0.25) is 34.3 Å². The zero-order valence-electron chi connectivity index (χ0n) is 29.6. The number of fused-ring (bicyclic) bond motifs is 4. The van der Waals surface area contributed by atoms with Gasteiger partial charge in [0, 0.05) is 29.5 Å². The van der Waals surface area contributed by atoms with E-state index in [0.717, 1.165) is 5.01 Å². The van der Waals surface area contributed by atoms with Gasteiger partial charge in [-0.1, -0.05) is 65.5 Å². The summed E-state index contributed by atoms with van der Waals surface area (Å²) in [4.78, 5) is 70.7. The van der Waals surface area contributed by atoms with Crippen molar-refractivity contribution in [3.63, 3.8) is 0 Å². The lowest BCUT2D eigenvalue weighted by Crippen LogP contribution is -2.53. The molecule has 2 saturated heterocycles. The number of allylic oxidation sites excluding steroid dienone is 2. The van der Waals surface area contributed by atoms with E-state index in [2.05, 4.69) is 5.43 Å². The van der Waals surface area contributed by atoms with E-state index in [-0.39, 0.29) is 59.8 Å². The molecule has 282 valence electrons. The second kappa shape index (κ2) is 14.6. The molecule has 54 heavy (non-hydrogen) atoms. The topological polar surface area (TPSA) is 163 Å². The molecular weight excluding hydrogens is 737 g/mol. The normalized spacial score (nSPS) is 25.9. The van der Waals surface area contributed by atoms with Crippen LogP contribution in [-0.2, 0) is 29.4 Å². The molecule has 2 aliphatic carbocycles. The van der Waals surface area contributed by atoms with Crippen LogP contribution in [-0.4, -0.2) is 70.5 Å². The molecule has 0 radical (unpaired) electrons. The van der Waals surface area contributed by atoms with Crippen LogP contribution in [0, 0.1) is 23.7 Å². The number of carboxylic acids is 1. The number of aliphatic carboxylic acids is 1. The minimum absolute atomic E-state index is 0.00117. The van der Waals surface area contributed by atoms with Crippen LogP contribution >= 0.6 is 23.2 Å². The Balaban J connectivity index is 1.38. The van der Waals surface area contributed by atoms with Gasteiger partial charge in [-0.25, -0.2) is 0 Å². The molecule has 14 heteroatoms. The fraction of sp³-hybridized carbons (Fsp3) is 0.375. The average Bonchev–Trinajstić information content (AvgIpc) is 3.53. The maximum atomic E-state index is 15.4. The molecule has 3 fully saturated rings. The Bertz CT molecular complexity index is 2070. The number of carbonyl (C=O) groups excluding carboxylic acids is 4. The minimum atomic E-state index is -1.65. The summed E-state index contributed by atoms with van der Waals surface area (Å²) in [5.41, 5.74) is 3.05. The summed E-state index contributed by atoms with van der Waals surface area (Å²) in [7, 11) is 2.94. The highest BCUT2D eigenvalue weighted by Crippen LogP contribution is 2.65. The van der Waals surface area contributed by atoms with Crippen LogP contribution in [0.25, 0.3) is 0 Å². The molecule has 3 N–H and O–H groups in total. The van der Waals surface area contributed by atoms with Crippen LogP contribution in [0.4, 0.5) is 5.69 Å². The van der Waals surface area contributed by atoms with Crippen molar-refractivity contribution in [2.24, 2.45) is 23.7 Å². The van der Waals surface area contributed by atoms with E-state index in [1.807, 2.05) is 6.08 Å². The maximum absolute atomic E-state index is 15.4. The largest absolute Gasteiger partial charge is 0.504 e. The zero-order valence-corrected chi connectivity index (χ0v) is 31.1. The summed E-state index contributed by atoms with van der Waals surface area (Å²) in [5, 5.41) is 22.3. The number of methoxy groups -OCH3 is 2. The standard InChI is InChI=1S/C40H39Cl2N3O9/c1-53-23-13-10-21(11-14-23)40-28(37(50)45(39(40)52)43-30-17-12-22(41)19-29(30)42)20-27-24(34(40)26-7-6-8-31(54-2)35(26)48)15-16-25-33(27)38(51)44(36(25)49)18-5-3-4-9-32(46)47/h6-8,10-15,17,19,25,27-28,33-34,43,48H,3-5,9,16,18,20H2,1-2H3,(H,46,47). The first-order valence-electron chi connectivity index (χ1n) is 17.8. The van der Waals surface area contributed by atoms with Crippen molar-refractivity contribution >= 4 is 58.5 Å². The number of hydrogen-bond acceptors (Lipinski definition) is 9. The summed E-state index contributed by atoms with van der Waals surface area (Å²) >= 11 is 12.7. The van der Waals surface area contributed by atoms with E-state index in [0.29, 0.717) is 46.7 Å². The van der Waals surface area contributed by atoms with Gasteiger partial charge in [0.05, 0.1) is 48.1 Å². The second-order valence-corrected chi connectivity index (χ2v) is 15.0. The highest BCUT2D eigenvalue weighted by Gasteiger charge is 2.70. The lowest BCUT2D eigenvalue weighted by molar-refractivity contribution is -0.141. The van der Waals surface area contributed by atoms with Gasteiger partial charge < -0.3 is 19.7 Å². The summed E-state index contributed by atoms with van der Waals surface area (Å²) in [6, 6.07) is 16.5. The molecule has 4 amide bonds. The van der Waals surface area contributed by atoms with E-state index in [9.17, 15) is 24.3 Å². The van der Waals surface area contributed by atoms with E-state index in [1.54, 1.807) is 54.6 Å². The van der Waals surface area contributed by atoms with E-state index < -0.39 is 52.8 Å². The Labute approximate surface area is 321 Å². The second-order valence-electron chi connectivity index (χ2n) is 14.1. The summed E-state index contributed by atoms with van der Waals surface area (Å²) in [5.74, 6) is -6.44. The van der Waals surface area contributed by atoms with Gasteiger partial charge in [-0.2, -0.15) is 5.01 Å². The van der Waals surface area contributed by atoms with Gasteiger partial charge in [0.25, 0.3) is 11.8 Å². The monoisotopic (exact) mass is 775 g/mol. The van der Waals surface area contributed by atoms with Crippen LogP contribution in [0.1, 0.15) is 55.6 Å². The number of carboxylic acid groups (broad SMARTS) is 1. The molecule has 4 aliphatic rings. The number of nitrogens with one attached hydrogen (secondary N) is 1. The Morgan fingerprint density at radius 1 is 0.926 bits per heavy atom. The molecule has 2 heterocycles. The molecule has 0 bridgehead atoms. The number of benzene rings is 3. The number of unbranched alkanes of at least 4 members (excludes halogenated alkanes) is 2. The van der Waals surface area contributed by atoms with Gasteiger partial charge in [-0.05, 0) is 73.6 Å².